The van der Waals surface area contributed by atoms with E-state index < -0.39 is 5.82 Å². The second kappa shape index (κ2) is 10.1. The number of aliphatic hydroxyl groups is 1. The molecule has 3 N–H and O–H groups in total. The van der Waals surface area contributed by atoms with Crippen LogP contribution in [0.1, 0.15) is 48.5 Å². The van der Waals surface area contributed by atoms with Gasteiger partial charge in [-0.3, -0.25) is 0 Å². The summed E-state index contributed by atoms with van der Waals surface area (Å²) >= 11 is 5.86. The molecule has 2 aliphatic heterocycles. The maximum absolute atomic E-state index is 14.1. The van der Waals surface area contributed by atoms with Gasteiger partial charge in [0.05, 0.1) is 23.3 Å². The van der Waals surface area contributed by atoms with Crippen molar-refractivity contribution in [2.75, 3.05) is 19.7 Å². The summed E-state index contributed by atoms with van der Waals surface area (Å²) in [4.78, 5) is 24.0. The third kappa shape index (κ3) is 5.19. The second-order valence-corrected chi connectivity index (χ2v) is 9.13. The van der Waals surface area contributed by atoms with E-state index in [1.165, 1.54) is 12.1 Å². The van der Waals surface area contributed by atoms with Crippen LogP contribution in [0.5, 0.6) is 0 Å². The van der Waals surface area contributed by atoms with Gasteiger partial charge < -0.3 is 20.6 Å². The number of hydrogen-bond acceptors (Lipinski definition) is 5. The van der Waals surface area contributed by atoms with Crippen LogP contribution in [-0.2, 0) is 19.4 Å². The summed E-state index contributed by atoms with van der Waals surface area (Å²) in [7, 11) is 0. The van der Waals surface area contributed by atoms with Gasteiger partial charge in [-0.1, -0.05) is 24.6 Å². The summed E-state index contributed by atoms with van der Waals surface area (Å²) in [6.45, 7) is 3.85. The van der Waals surface area contributed by atoms with Gasteiger partial charge in [0, 0.05) is 31.8 Å². The third-order valence-corrected chi connectivity index (χ3v) is 6.51. The van der Waals surface area contributed by atoms with E-state index in [0.717, 1.165) is 30.6 Å². The monoisotopic (exact) mass is 461 g/mol. The molecule has 0 bridgehead atoms. The first-order chi connectivity index (χ1) is 15.4. The van der Waals surface area contributed by atoms with E-state index in [0.29, 0.717) is 37.3 Å². The molecule has 1 fully saturated rings. The van der Waals surface area contributed by atoms with E-state index in [2.05, 4.69) is 20.6 Å². The Bertz CT molecular complexity index is 969. The lowest BCUT2D eigenvalue weighted by atomic mass is 9.98. The van der Waals surface area contributed by atoms with Crippen LogP contribution in [0.15, 0.2) is 24.4 Å². The number of nitrogens with zero attached hydrogens (tertiary/aromatic N) is 3. The highest BCUT2D eigenvalue weighted by atomic mass is 35.5. The van der Waals surface area contributed by atoms with Crippen molar-refractivity contribution in [3.63, 3.8) is 0 Å². The summed E-state index contributed by atoms with van der Waals surface area (Å²) in [5.74, 6) is 0.266. The zero-order valence-electron chi connectivity index (χ0n) is 18.2. The van der Waals surface area contributed by atoms with Gasteiger partial charge in [0.1, 0.15) is 11.6 Å². The SMILES string of the molecule is C[C@@H](CO)Cc1ncc2c(n1)CN(C(=O)N[C@@H](c1ccc(Cl)c(F)c1)[C@@H]1CCCN1)CC2. The predicted molar refractivity (Wildman–Crippen MR) is 120 cm³/mol. The van der Waals surface area contributed by atoms with Crippen molar-refractivity contribution >= 4 is 17.6 Å². The number of nitrogens with one attached hydrogen (secondary N) is 2. The fraction of sp³-hybridized carbons (Fsp3) is 0.522. The Morgan fingerprint density at radius 2 is 2.31 bits per heavy atom. The van der Waals surface area contributed by atoms with Gasteiger partial charge in [-0.25, -0.2) is 19.2 Å². The van der Waals surface area contributed by atoms with Crippen molar-refractivity contribution in [1.82, 2.24) is 25.5 Å². The molecule has 172 valence electrons. The van der Waals surface area contributed by atoms with Crippen LogP contribution in [-0.4, -0.2) is 51.7 Å². The smallest absolute Gasteiger partial charge is 0.318 e. The van der Waals surface area contributed by atoms with E-state index in [1.807, 2.05) is 13.1 Å². The highest BCUT2D eigenvalue weighted by Gasteiger charge is 2.31. The third-order valence-electron chi connectivity index (χ3n) is 6.21. The molecule has 3 heterocycles. The molecule has 1 aromatic heterocycles. The molecule has 3 atom stereocenters. The minimum atomic E-state index is -0.491. The van der Waals surface area contributed by atoms with Crippen molar-refractivity contribution in [2.24, 2.45) is 5.92 Å². The summed E-state index contributed by atoms with van der Waals surface area (Å²) in [6.07, 6.45) is 5.01. The Labute approximate surface area is 192 Å². The molecule has 4 rings (SSSR count). The number of urea groups is 1. The number of halogens is 2. The van der Waals surface area contributed by atoms with Gasteiger partial charge in [0.15, 0.2) is 0 Å². The molecular weight excluding hydrogens is 433 g/mol. The number of carbonyl (C=O) groups is 1. The van der Waals surface area contributed by atoms with Crippen LogP contribution in [0.4, 0.5) is 9.18 Å². The number of aromatic nitrogens is 2. The van der Waals surface area contributed by atoms with Crippen molar-refractivity contribution in [1.29, 1.82) is 0 Å². The highest BCUT2D eigenvalue weighted by Crippen LogP contribution is 2.27. The topological polar surface area (TPSA) is 90.4 Å². The first kappa shape index (κ1) is 22.9. The maximum atomic E-state index is 14.1. The lowest BCUT2D eigenvalue weighted by molar-refractivity contribution is 0.184. The minimum absolute atomic E-state index is 0.0329. The molecule has 7 nitrogen and oxygen atoms in total. The zero-order valence-corrected chi connectivity index (χ0v) is 18.9. The first-order valence-corrected chi connectivity index (χ1v) is 11.5. The van der Waals surface area contributed by atoms with Crippen molar-refractivity contribution in [2.45, 2.75) is 51.2 Å². The summed E-state index contributed by atoms with van der Waals surface area (Å²) < 4.78 is 14.1. The van der Waals surface area contributed by atoms with Gasteiger partial charge in [-0.2, -0.15) is 0 Å². The van der Waals surface area contributed by atoms with Crippen LogP contribution in [0.3, 0.4) is 0 Å². The van der Waals surface area contributed by atoms with E-state index in [-0.39, 0.29) is 35.7 Å². The van der Waals surface area contributed by atoms with Crippen LogP contribution in [0.25, 0.3) is 0 Å². The zero-order chi connectivity index (χ0) is 22.7. The Morgan fingerprint density at radius 3 is 3.03 bits per heavy atom. The number of carbonyl (C=O) groups excluding carboxylic acids is 1. The summed E-state index contributed by atoms with van der Waals surface area (Å²) in [6, 6.07) is 4.18. The molecule has 1 aromatic carbocycles. The average molecular weight is 462 g/mol. The molecule has 2 aliphatic rings. The minimum Gasteiger partial charge on any atom is -0.396 e. The molecule has 32 heavy (non-hydrogen) atoms. The van der Waals surface area contributed by atoms with Crippen LogP contribution in [0, 0.1) is 11.7 Å². The van der Waals surface area contributed by atoms with Crippen molar-refractivity contribution in [3.05, 3.63) is 57.9 Å². The molecule has 0 spiro atoms. The molecule has 1 saturated heterocycles. The summed E-state index contributed by atoms with van der Waals surface area (Å²) in [5.41, 5.74) is 2.58. The molecule has 0 aliphatic carbocycles. The Hall–Kier alpha value is -2.29. The van der Waals surface area contributed by atoms with Crippen LogP contribution in [0.2, 0.25) is 5.02 Å². The molecule has 0 unspecified atom stereocenters. The quantitative estimate of drug-likeness (QED) is 0.615. The average Bonchev–Trinajstić information content (AvgIpc) is 3.33. The van der Waals surface area contributed by atoms with Gasteiger partial charge in [-0.05, 0) is 55.0 Å². The Kier molecular flexibility index (Phi) is 7.23. The molecule has 9 heteroatoms. The van der Waals surface area contributed by atoms with Gasteiger partial charge >= 0.3 is 6.03 Å². The molecule has 0 saturated carbocycles. The first-order valence-electron chi connectivity index (χ1n) is 11.1. The molecule has 0 radical (unpaired) electrons. The van der Waals surface area contributed by atoms with Crippen molar-refractivity contribution < 1.29 is 14.3 Å². The maximum Gasteiger partial charge on any atom is 0.318 e. The predicted octanol–water partition coefficient (Wildman–Crippen LogP) is 3.00. The number of hydrogen-bond donors (Lipinski definition) is 3. The number of amides is 2. The van der Waals surface area contributed by atoms with Crippen LogP contribution >= 0.6 is 11.6 Å². The van der Waals surface area contributed by atoms with Crippen molar-refractivity contribution in [3.8, 4) is 0 Å². The van der Waals surface area contributed by atoms with E-state index in [4.69, 9.17) is 11.6 Å². The van der Waals surface area contributed by atoms with Gasteiger partial charge in [-0.15, -0.1) is 0 Å². The molecule has 2 aromatic rings. The summed E-state index contributed by atoms with van der Waals surface area (Å²) in [5, 5.41) is 15.9. The number of benzene rings is 1. The number of fused-ring (bicyclic) bond motifs is 1. The Morgan fingerprint density at radius 1 is 1.47 bits per heavy atom. The Balaban J connectivity index is 1.49. The van der Waals surface area contributed by atoms with Gasteiger partial charge in [0.2, 0.25) is 0 Å². The lowest BCUT2D eigenvalue weighted by Crippen LogP contribution is -2.48. The van der Waals surface area contributed by atoms with E-state index >= 15 is 0 Å². The van der Waals surface area contributed by atoms with E-state index in [1.54, 1.807) is 11.0 Å². The lowest BCUT2D eigenvalue weighted by Gasteiger charge is -2.32. The molecule has 2 amide bonds. The van der Waals surface area contributed by atoms with E-state index in [9.17, 15) is 14.3 Å². The number of aliphatic hydroxyl groups excluding tert-OH is 1. The molecular formula is C23H29ClFN5O2. The normalized spacial score (nSPS) is 20.0. The van der Waals surface area contributed by atoms with Gasteiger partial charge in [0.25, 0.3) is 0 Å². The second-order valence-electron chi connectivity index (χ2n) is 8.73. The highest BCUT2D eigenvalue weighted by molar-refractivity contribution is 6.30. The number of rotatable bonds is 6. The van der Waals surface area contributed by atoms with Crippen LogP contribution < -0.4 is 10.6 Å². The fourth-order valence-corrected chi connectivity index (χ4v) is 4.45. The fourth-order valence-electron chi connectivity index (χ4n) is 4.33. The largest absolute Gasteiger partial charge is 0.396 e. The standard InChI is InChI=1S/C23H29ClFN5O2/c1-14(13-31)9-21-27-11-16-6-8-30(12-20(16)28-21)23(32)29-22(19-3-2-7-26-19)15-4-5-17(24)18(25)10-15/h4-5,10-11,14,19,22,26,31H,2-3,6-9,12-13H2,1H3,(H,29,32)/t14-,19+,22+/m1/s1.